The molecule has 0 aliphatic carbocycles. The van der Waals surface area contributed by atoms with Gasteiger partial charge in [0.15, 0.2) is 6.29 Å². The number of ether oxygens (including phenoxy) is 1. The van der Waals surface area contributed by atoms with Crippen molar-refractivity contribution < 1.29 is 14.3 Å². The van der Waals surface area contributed by atoms with Gasteiger partial charge in [-0.3, -0.25) is 9.89 Å². The Morgan fingerprint density at radius 3 is 2.94 bits per heavy atom. The molecule has 16 heavy (non-hydrogen) atoms. The lowest BCUT2D eigenvalue weighted by molar-refractivity contribution is 0.0602. The molecule has 0 aliphatic heterocycles. The van der Waals surface area contributed by atoms with Crippen molar-refractivity contribution in [1.82, 2.24) is 10.2 Å². The Morgan fingerprint density at radius 1 is 1.56 bits per heavy atom. The third kappa shape index (κ3) is 1.51. The maximum Gasteiger partial charge on any atom is 0.339 e. The number of H-pyrrole nitrogens is 1. The van der Waals surface area contributed by atoms with Gasteiger partial charge < -0.3 is 4.74 Å². The van der Waals surface area contributed by atoms with Crippen molar-refractivity contribution in [2.75, 3.05) is 7.11 Å². The number of aromatic amines is 1. The zero-order valence-electron chi connectivity index (χ0n) is 8.28. The van der Waals surface area contributed by atoms with E-state index in [1.807, 2.05) is 0 Å². The first kappa shape index (κ1) is 10.8. The van der Waals surface area contributed by atoms with Crippen molar-refractivity contribution in [3.8, 4) is 0 Å². The molecule has 5 nitrogen and oxygen atoms in total. The van der Waals surface area contributed by atoms with Crippen molar-refractivity contribution in [2.24, 2.45) is 0 Å². The van der Waals surface area contributed by atoms with Crippen LogP contribution in [0, 0.1) is 0 Å². The normalized spacial score (nSPS) is 10.4. The summed E-state index contributed by atoms with van der Waals surface area (Å²) >= 11 is 3.25. The van der Waals surface area contributed by atoms with Gasteiger partial charge in [-0.15, -0.1) is 0 Å². The van der Waals surface area contributed by atoms with E-state index in [4.69, 9.17) is 0 Å². The summed E-state index contributed by atoms with van der Waals surface area (Å²) < 4.78 is 5.23. The molecule has 0 amide bonds. The lowest BCUT2D eigenvalue weighted by Gasteiger charge is -2.03. The van der Waals surface area contributed by atoms with E-state index in [9.17, 15) is 9.59 Å². The minimum atomic E-state index is -0.512. The monoisotopic (exact) mass is 282 g/mol. The van der Waals surface area contributed by atoms with Gasteiger partial charge >= 0.3 is 5.97 Å². The van der Waals surface area contributed by atoms with Gasteiger partial charge in [0.2, 0.25) is 0 Å². The third-order valence-electron chi connectivity index (χ3n) is 2.21. The highest BCUT2D eigenvalue weighted by Gasteiger charge is 2.19. The predicted molar refractivity (Wildman–Crippen MR) is 60.5 cm³/mol. The minimum Gasteiger partial charge on any atom is -0.465 e. The fourth-order valence-electron chi connectivity index (χ4n) is 1.50. The molecular formula is C10H7BrN2O3. The van der Waals surface area contributed by atoms with Crippen molar-refractivity contribution in [2.45, 2.75) is 0 Å². The summed E-state index contributed by atoms with van der Waals surface area (Å²) in [6.07, 6.45) is 0.619. The quantitative estimate of drug-likeness (QED) is 0.675. The molecule has 0 saturated heterocycles. The van der Waals surface area contributed by atoms with Crippen LogP contribution >= 0.6 is 15.9 Å². The molecule has 1 heterocycles. The summed E-state index contributed by atoms with van der Waals surface area (Å²) in [5.74, 6) is -0.512. The van der Waals surface area contributed by atoms with E-state index in [0.717, 1.165) is 0 Å². The van der Waals surface area contributed by atoms with E-state index in [2.05, 4.69) is 30.9 Å². The molecule has 82 valence electrons. The van der Waals surface area contributed by atoms with E-state index in [1.54, 1.807) is 12.1 Å². The highest BCUT2D eigenvalue weighted by atomic mass is 79.9. The molecule has 0 atom stereocenters. The van der Waals surface area contributed by atoms with Crippen molar-refractivity contribution in [1.29, 1.82) is 0 Å². The number of fused-ring (bicyclic) bond motifs is 1. The number of methoxy groups -OCH3 is 1. The molecule has 0 radical (unpaired) electrons. The second kappa shape index (κ2) is 4.05. The van der Waals surface area contributed by atoms with Gasteiger partial charge in [0.25, 0.3) is 0 Å². The van der Waals surface area contributed by atoms with Gasteiger partial charge in [0.1, 0.15) is 5.69 Å². The zero-order valence-corrected chi connectivity index (χ0v) is 9.87. The van der Waals surface area contributed by atoms with Crippen LogP contribution in [0.2, 0.25) is 0 Å². The number of aromatic nitrogens is 2. The number of carbonyl (C=O) groups excluding carboxylic acids is 2. The number of nitrogens with zero attached hydrogens (tertiary/aromatic N) is 1. The van der Waals surface area contributed by atoms with Crippen LogP contribution in [0.3, 0.4) is 0 Å². The standard InChI is InChI=1S/C10H7BrN2O3/c1-16-10(15)8-5(11)2-3-6-9(8)7(4-14)13-12-6/h2-4H,1H3,(H,12,13). The Bertz CT molecular complexity index is 577. The molecule has 2 rings (SSSR count). The Balaban J connectivity index is 2.86. The van der Waals surface area contributed by atoms with E-state index < -0.39 is 5.97 Å². The first-order chi connectivity index (χ1) is 7.69. The molecule has 6 heteroatoms. The van der Waals surface area contributed by atoms with Crippen LogP contribution in [0.1, 0.15) is 20.8 Å². The summed E-state index contributed by atoms with van der Waals surface area (Å²) in [4.78, 5) is 22.4. The first-order valence-electron chi connectivity index (χ1n) is 4.39. The number of hydrogen-bond acceptors (Lipinski definition) is 4. The SMILES string of the molecule is COC(=O)c1c(Br)ccc2n[nH]c(C=O)c12. The Morgan fingerprint density at radius 2 is 2.31 bits per heavy atom. The van der Waals surface area contributed by atoms with Gasteiger partial charge in [-0.1, -0.05) is 0 Å². The van der Waals surface area contributed by atoms with Crippen LogP contribution in [0.15, 0.2) is 16.6 Å². The van der Waals surface area contributed by atoms with Gasteiger partial charge in [-0.2, -0.15) is 5.10 Å². The average Bonchev–Trinajstić information content (AvgIpc) is 2.71. The maximum absolute atomic E-state index is 11.6. The number of halogens is 1. The summed E-state index contributed by atoms with van der Waals surface area (Å²) in [6, 6.07) is 3.39. The lowest BCUT2D eigenvalue weighted by Crippen LogP contribution is -2.03. The highest BCUT2D eigenvalue weighted by Crippen LogP contribution is 2.27. The third-order valence-corrected chi connectivity index (χ3v) is 2.87. The Hall–Kier alpha value is -1.69. The molecule has 1 aromatic carbocycles. The molecule has 0 spiro atoms. The first-order valence-corrected chi connectivity index (χ1v) is 5.18. The predicted octanol–water partition coefficient (Wildman–Crippen LogP) is 1.92. The second-order valence-corrected chi connectivity index (χ2v) is 3.92. The minimum absolute atomic E-state index is 0.261. The molecule has 0 unspecified atom stereocenters. The van der Waals surface area contributed by atoms with Gasteiger partial charge in [0.05, 0.1) is 18.2 Å². The Labute approximate surface area is 98.9 Å². The fraction of sp³-hybridized carbons (Fsp3) is 0.100. The molecule has 0 bridgehead atoms. The summed E-state index contributed by atoms with van der Waals surface area (Å²) in [6.45, 7) is 0. The zero-order chi connectivity index (χ0) is 11.7. The van der Waals surface area contributed by atoms with Gasteiger partial charge in [-0.05, 0) is 28.1 Å². The number of rotatable bonds is 2. The lowest BCUT2D eigenvalue weighted by atomic mass is 10.1. The topological polar surface area (TPSA) is 72.0 Å². The van der Waals surface area contributed by atoms with E-state index >= 15 is 0 Å². The molecular weight excluding hydrogens is 276 g/mol. The Kier molecular flexibility index (Phi) is 2.74. The van der Waals surface area contributed by atoms with Crippen LogP contribution in [0.25, 0.3) is 10.9 Å². The number of esters is 1. The average molecular weight is 283 g/mol. The number of aldehydes is 1. The van der Waals surface area contributed by atoms with Crippen molar-refractivity contribution in [3.63, 3.8) is 0 Å². The summed E-state index contributed by atoms with van der Waals surface area (Å²) in [5, 5.41) is 6.96. The van der Waals surface area contributed by atoms with E-state index in [0.29, 0.717) is 27.2 Å². The van der Waals surface area contributed by atoms with Crippen LogP contribution in [-0.4, -0.2) is 29.6 Å². The summed E-state index contributed by atoms with van der Waals surface area (Å²) in [7, 11) is 1.29. The van der Waals surface area contributed by atoms with Crippen LogP contribution in [0.4, 0.5) is 0 Å². The molecule has 0 fully saturated rings. The van der Waals surface area contributed by atoms with Crippen molar-refractivity contribution >= 4 is 39.1 Å². The number of hydrogen-bond donors (Lipinski definition) is 1. The summed E-state index contributed by atoms with van der Waals surface area (Å²) in [5.41, 5.74) is 1.11. The van der Waals surface area contributed by atoms with Crippen LogP contribution < -0.4 is 0 Å². The van der Waals surface area contributed by atoms with Crippen LogP contribution in [-0.2, 0) is 4.74 Å². The molecule has 1 N–H and O–H groups in total. The van der Waals surface area contributed by atoms with Crippen LogP contribution in [0.5, 0.6) is 0 Å². The number of benzene rings is 1. The molecule has 2 aromatic rings. The number of carbonyl (C=O) groups is 2. The van der Waals surface area contributed by atoms with E-state index in [-0.39, 0.29) is 5.69 Å². The molecule has 0 saturated carbocycles. The highest BCUT2D eigenvalue weighted by molar-refractivity contribution is 9.10. The molecule has 1 aromatic heterocycles. The maximum atomic E-state index is 11.6. The van der Waals surface area contributed by atoms with Gasteiger partial charge in [-0.25, -0.2) is 4.79 Å². The van der Waals surface area contributed by atoms with Gasteiger partial charge in [0, 0.05) is 9.86 Å². The van der Waals surface area contributed by atoms with E-state index in [1.165, 1.54) is 7.11 Å². The smallest absolute Gasteiger partial charge is 0.339 e. The fourth-order valence-corrected chi connectivity index (χ4v) is 1.99. The number of nitrogens with one attached hydrogen (secondary N) is 1. The van der Waals surface area contributed by atoms with Crippen molar-refractivity contribution in [3.05, 3.63) is 27.9 Å². The largest absolute Gasteiger partial charge is 0.465 e. The second-order valence-electron chi connectivity index (χ2n) is 3.06. The molecule has 0 aliphatic rings.